The van der Waals surface area contributed by atoms with Crippen LogP contribution in [-0.2, 0) is 9.63 Å². The number of nitrogens with one attached hydrogen (secondary N) is 1. The monoisotopic (exact) mass is 479 g/mol. The van der Waals surface area contributed by atoms with Crippen LogP contribution in [0.1, 0.15) is 64.0 Å². The maximum Gasteiger partial charge on any atom is 0.269 e. The summed E-state index contributed by atoms with van der Waals surface area (Å²) in [7, 11) is 1.61. The molecule has 2 heterocycles. The molecule has 8 nitrogen and oxygen atoms in total. The molecule has 8 heteroatoms. The highest BCUT2D eigenvalue weighted by Gasteiger charge is 2.45. The number of benzene rings is 2. The molecular formula is C27H33N3O5. The van der Waals surface area contributed by atoms with Gasteiger partial charge in [-0.15, -0.1) is 0 Å². The van der Waals surface area contributed by atoms with Crippen molar-refractivity contribution < 1.29 is 19.3 Å². The van der Waals surface area contributed by atoms with Gasteiger partial charge in [0, 0.05) is 46.2 Å². The molecule has 3 aromatic rings. The van der Waals surface area contributed by atoms with E-state index in [2.05, 4.69) is 32.7 Å². The number of ether oxygens (including phenoxy) is 1. The molecule has 1 fully saturated rings. The Hall–Kier alpha value is -3.23. The largest absolute Gasteiger partial charge is 0.497 e. The fraction of sp³-hybridized carbons (Fsp3) is 0.444. The molecule has 0 aliphatic carbocycles. The molecule has 186 valence electrons. The van der Waals surface area contributed by atoms with Gasteiger partial charge in [0.05, 0.1) is 12.0 Å². The number of methoxy groups -OCH3 is 1. The molecule has 0 radical (unpaired) electrons. The Labute approximate surface area is 205 Å². The molecule has 1 aromatic heterocycles. The summed E-state index contributed by atoms with van der Waals surface area (Å²) in [5, 5.41) is 14.1. The standard InChI is InChI=1S/C27H33N3O5/c1-26(2)13-6-14-27(3,4)30(26)35-24(17-31)25(18-7-9-19(10-8-18)29(32)33)22-16-28-23-12-11-20(34-5)15-21(22)23/h7-12,15-17,24-25,28H,6,13-14H2,1-5H3/t24-,25+/m1/s1. The normalized spacial score (nSPS) is 19.2. The average molecular weight is 480 g/mol. The minimum atomic E-state index is -0.849. The van der Waals surface area contributed by atoms with Gasteiger partial charge in [0.15, 0.2) is 6.29 Å². The van der Waals surface area contributed by atoms with Gasteiger partial charge in [0.25, 0.3) is 5.69 Å². The Morgan fingerprint density at radius 1 is 1.09 bits per heavy atom. The van der Waals surface area contributed by atoms with Crippen molar-refractivity contribution in [3.63, 3.8) is 0 Å². The molecule has 35 heavy (non-hydrogen) atoms. The number of aromatic nitrogens is 1. The molecule has 0 saturated carbocycles. The molecule has 1 saturated heterocycles. The summed E-state index contributed by atoms with van der Waals surface area (Å²) in [5.41, 5.74) is 1.99. The number of piperidine rings is 1. The van der Waals surface area contributed by atoms with E-state index in [0.29, 0.717) is 5.75 Å². The third-order valence-corrected chi connectivity index (χ3v) is 7.09. The van der Waals surface area contributed by atoms with Gasteiger partial charge in [-0.3, -0.25) is 15.0 Å². The van der Waals surface area contributed by atoms with Crippen molar-refractivity contribution >= 4 is 22.9 Å². The lowest BCUT2D eigenvalue weighted by Gasteiger charge is -2.52. The van der Waals surface area contributed by atoms with Gasteiger partial charge in [-0.1, -0.05) is 12.1 Å². The number of hydroxylamine groups is 2. The number of rotatable bonds is 8. The number of H-pyrrole nitrogens is 1. The number of hydrogen-bond donors (Lipinski definition) is 1. The number of nitro groups is 1. The second kappa shape index (κ2) is 9.43. The highest BCUT2D eigenvalue weighted by molar-refractivity contribution is 5.86. The Bertz CT molecular complexity index is 1200. The first kappa shape index (κ1) is 24.9. The zero-order valence-corrected chi connectivity index (χ0v) is 20.9. The van der Waals surface area contributed by atoms with Crippen molar-refractivity contribution in [1.29, 1.82) is 0 Å². The lowest BCUT2D eigenvalue weighted by atomic mass is 9.82. The molecule has 4 rings (SSSR count). The van der Waals surface area contributed by atoms with E-state index in [9.17, 15) is 14.9 Å². The van der Waals surface area contributed by atoms with Crippen molar-refractivity contribution in [1.82, 2.24) is 10.0 Å². The first-order valence-electron chi connectivity index (χ1n) is 11.9. The zero-order valence-electron chi connectivity index (χ0n) is 20.9. The van der Waals surface area contributed by atoms with E-state index in [4.69, 9.17) is 9.57 Å². The number of aromatic amines is 1. The lowest BCUT2D eigenvalue weighted by Crippen LogP contribution is -2.59. The van der Waals surface area contributed by atoms with E-state index >= 15 is 0 Å². The number of nitro benzene ring substituents is 1. The molecule has 1 aliphatic rings. The summed E-state index contributed by atoms with van der Waals surface area (Å²) in [6.45, 7) is 8.53. The highest BCUT2D eigenvalue weighted by atomic mass is 16.7. The number of carbonyl (C=O) groups is 1. The van der Waals surface area contributed by atoms with Gasteiger partial charge in [-0.2, -0.15) is 5.06 Å². The zero-order chi connectivity index (χ0) is 25.4. The summed E-state index contributed by atoms with van der Waals surface area (Å²) < 4.78 is 5.44. The SMILES string of the molecule is COc1ccc2[nH]cc([C@H](c3ccc([N+](=O)[O-])cc3)[C@@H](C=O)ON3C(C)(C)CCCC3(C)C)c2c1. The van der Waals surface area contributed by atoms with Gasteiger partial charge >= 0.3 is 0 Å². The first-order valence-corrected chi connectivity index (χ1v) is 11.9. The van der Waals surface area contributed by atoms with Gasteiger partial charge in [0.1, 0.15) is 11.9 Å². The first-order chi connectivity index (χ1) is 16.6. The quantitative estimate of drug-likeness (QED) is 0.251. The smallest absolute Gasteiger partial charge is 0.269 e. The molecule has 2 aromatic carbocycles. The maximum absolute atomic E-state index is 12.7. The number of fused-ring (bicyclic) bond motifs is 1. The number of carbonyl (C=O) groups excluding carboxylic acids is 1. The van der Waals surface area contributed by atoms with Crippen molar-refractivity contribution in [3.8, 4) is 5.75 Å². The molecule has 0 amide bonds. The van der Waals surface area contributed by atoms with E-state index in [-0.39, 0.29) is 16.8 Å². The highest BCUT2D eigenvalue weighted by Crippen LogP contribution is 2.42. The predicted molar refractivity (Wildman–Crippen MR) is 135 cm³/mol. The molecule has 0 spiro atoms. The van der Waals surface area contributed by atoms with Crippen molar-refractivity contribution in [3.05, 3.63) is 69.9 Å². The lowest BCUT2D eigenvalue weighted by molar-refractivity contribution is -0.384. The second-order valence-electron chi connectivity index (χ2n) is 10.5. The maximum atomic E-state index is 12.7. The van der Waals surface area contributed by atoms with Crippen LogP contribution in [0, 0.1) is 10.1 Å². The number of hydrogen-bond acceptors (Lipinski definition) is 6. The van der Waals surface area contributed by atoms with Crippen LogP contribution in [-0.4, -0.2) is 45.5 Å². The number of non-ortho nitro benzene ring substituents is 1. The van der Waals surface area contributed by atoms with Gasteiger partial charge in [-0.25, -0.2) is 0 Å². The fourth-order valence-electron chi connectivity index (χ4n) is 5.40. The minimum absolute atomic E-state index is 0.00466. The van der Waals surface area contributed by atoms with Crippen molar-refractivity contribution in [2.45, 2.75) is 70.1 Å². The third kappa shape index (κ3) is 4.81. The molecular weight excluding hydrogens is 446 g/mol. The Morgan fingerprint density at radius 2 is 1.74 bits per heavy atom. The Kier molecular flexibility index (Phi) is 6.71. The molecule has 0 unspecified atom stereocenters. The predicted octanol–water partition coefficient (Wildman–Crippen LogP) is 5.76. The van der Waals surface area contributed by atoms with Gasteiger partial charge in [-0.05, 0) is 76.3 Å². The summed E-state index contributed by atoms with van der Waals surface area (Å²) >= 11 is 0. The van der Waals surface area contributed by atoms with E-state index in [1.54, 1.807) is 19.2 Å². The molecule has 1 N–H and O–H groups in total. The van der Waals surface area contributed by atoms with Gasteiger partial charge in [0.2, 0.25) is 0 Å². The second-order valence-corrected chi connectivity index (χ2v) is 10.5. The fourth-order valence-corrected chi connectivity index (χ4v) is 5.40. The van der Waals surface area contributed by atoms with Gasteiger partial charge < -0.3 is 14.5 Å². The van der Waals surface area contributed by atoms with Crippen LogP contribution in [0.3, 0.4) is 0 Å². The van der Waals surface area contributed by atoms with E-state index in [1.165, 1.54) is 12.1 Å². The Morgan fingerprint density at radius 3 is 2.31 bits per heavy atom. The van der Waals surface area contributed by atoms with Crippen LogP contribution in [0.4, 0.5) is 5.69 Å². The molecule has 0 bridgehead atoms. The summed E-state index contributed by atoms with van der Waals surface area (Å²) in [6.07, 6.45) is 4.86. The summed E-state index contributed by atoms with van der Waals surface area (Å²) in [6, 6.07) is 12.1. The van der Waals surface area contributed by atoms with Crippen molar-refractivity contribution in [2.75, 3.05) is 7.11 Å². The molecule has 1 aliphatic heterocycles. The van der Waals surface area contributed by atoms with Crippen LogP contribution in [0.25, 0.3) is 10.9 Å². The van der Waals surface area contributed by atoms with Crippen LogP contribution in [0.5, 0.6) is 5.75 Å². The van der Waals surface area contributed by atoms with Crippen LogP contribution in [0.15, 0.2) is 48.7 Å². The number of nitrogens with zero attached hydrogens (tertiary/aromatic N) is 2. The minimum Gasteiger partial charge on any atom is -0.497 e. The molecule has 2 atom stereocenters. The average Bonchev–Trinajstić information content (AvgIpc) is 3.23. The van der Waals surface area contributed by atoms with E-state index in [0.717, 1.165) is 47.6 Å². The van der Waals surface area contributed by atoms with E-state index in [1.807, 2.05) is 29.5 Å². The van der Waals surface area contributed by atoms with Crippen LogP contribution >= 0.6 is 0 Å². The topological polar surface area (TPSA) is 97.7 Å². The summed E-state index contributed by atoms with van der Waals surface area (Å²) in [5.74, 6) is 0.199. The van der Waals surface area contributed by atoms with Crippen LogP contribution < -0.4 is 4.74 Å². The van der Waals surface area contributed by atoms with Crippen molar-refractivity contribution in [2.24, 2.45) is 0 Å². The van der Waals surface area contributed by atoms with E-state index < -0.39 is 16.9 Å². The number of aldehydes is 1. The summed E-state index contributed by atoms with van der Waals surface area (Å²) in [4.78, 5) is 33.3. The Balaban J connectivity index is 1.83. The van der Waals surface area contributed by atoms with Crippen LogP contribution in [0.2, 0.25) is 0 Å². The third-order valence-electron chi connectivity index (χ3n) is 7.09.